The maximum absolute atomic E-state index is 4.61. The SMILES string of the molecule is CCN(CC)c1ccc(NCc2ccc(-c3n[nH]c4c3Cc3ccccc3-4)cc2)cn1. The molecule has 0 fully saturated rings. The number of nitrogens with one attached hydrogen (secondary N) is 2. The van der Waals surface area contributed by atoms with E-state index in [1.807, 2.05) is 6.20 Å². The van der Waals surface area contributed by atoms with Crippen molar-refractivity contribution in [2.24, 2.45) is 0 Å². The van der Waals surface area contributed by atoms with Gasteiger partial charge in [-0.3, -0.25) is 5.10 Å². The Labute approximate surface area is 183 Å². The summed E-state index contributed by atoms with van der Waals surface area (Å²) in [6, 6.07) is 21.4. The first-order valence-electron chi connectivity index (χ1n) is 11.0. The second-order valence-electron chi connectivity index (χ2n) is 7.89. The highest BCUT2D eigenvalue weighted by molar-refractivity contribution is 5.80. The van der Waals surface area contributed by atoms with Gasteiger partial charge >= 0.3 is 0 Å². The number of nitrogens with zero attached hydrogens (tertiary/aromatic N) is 3. The lowest BCUT2D eigenvalue weighted by atomic mass is 10.0. The van der Waals surface area contributed by atoms with E-state index in [1.165, 1.54) is 22.3 Å². The summed E-state index contributed by atoms with van der Waals surface area (Å²) in [7, 11) is 0. The van der Waals surface area contributed by atoms with Crippen LogP contribution < -0.4 is 10.2 Å². The van der Waals surface area contributed by atoms with Crippen LogP contribution in [-0.4, -0.2) is 28.3 Å². The van der Waals surface area contributed by atoms with Crippen LogP contribution in [-0.2, 0) is 13.0 Å². The van der Waals surface area contributed by atoms with Crippen LogP contribution in [0.5, 0.6) is 0 Å². The van der Waals surface area contributed by atoms with Gasteiger partial charge in [-0.2, -0.15) is 5.10 Å². The highest BCUT2D eigenvalue weighted by Crippen LogP contribution is 2.39. The first-order chi connectivity index (χ1) is 15.3. The van der Waals surface area contributed by atoms with Gasteiger partial charge in [-0.1, -0.05) is 48.5 Å². The van der Waals surface area contributed by atoms with Crippen molar-refractivity contribution in [1.29, 1.82) is 0 Å². The normalized spacial score (nSPS) is 11.8. The summed E-state index contributed by atoms with van der Waals surface area (Å²) in [5.41, 5.74) is 9.58. The van der Waals surface area contributed by atoms with Gasteiger partial charge < -0.3 is 10.2 Å². The van der Waals surface area contributed by atoms with Crippen LogP contribution in [0.4, 0.5) is 11.5 Å². The third kappa shape index (κ3) is 3.67. The fraction of sp³-hybridized carbons (Fsp3) is 0.231. The number of benzene rings is 2. The molecule has 2 aromatic carbocycles. The molecule has 2 N–H and O–H groups in total. The van der Waals surface area contributed by atoms with E-state index in [4.69, 9.17) is 0 Å². The quantitative estimate of drug-likeness (QED) is 0.373. The number of fused-ring (bicyclic) bond motifs is 3. The van der Waals surface area contributed by atoms with E-state index < -0.39 is 0 Å². The molecule has 0 radical (unpaired) electrons. The first-order valence-corrected chi connectivity index (χ1v) is 11.0. The van der Waals surface area contributed by atoms with Gasteiger partial charge in [-0.25, -0.2) is 4.98 Å². The third-order valence-corrected chi connectivity index (χ3v) is 6.08. The summed E-state index contributed by atoms with van der Waals surface area (Å²) in [4.78, 5) is 6.83. The highest BCUT2D eigenvalue weighted by Gasteiger charge is 2.24. The lowest BCUT2D eigenvalue weighted by molar-refractivity contribution is 0.846. The minimum Gasteiger partial charge on any atom is -0.380 e. The first kappa shape index (κ1) is 19.4. The van der Waals surface area contributed by atoms with Gasteiger partial charge in [0.05, 0.1) is 23.3 Å². The zero-order valence-electron chi connectivity index (χ0n) is 18.0. The Morgan fingerprint density at radius 2 is 1.77 bits per heavy atom. The summed E-state index contributed by atoms with van der Waals surface area (Å²) >= 11 is 0. The fourth-order valence-corrected chi connectivity index (χ4v) is 4.32. The van der Waals surface area contributed by atoms with Crippen molar-refractivity contribution >= 4 is 11.5 Å². The van der Waals surface area contributed by atoms with E-state index in [-0.39, 0.29) is 0 Å². The van der Waals surface area contributed by atoms with Crippen molar-refractivity contribution in [3.8, 4) is 22.5 Å². The summed E-state index contributed by atoms with van der Waals surface area (Å²) in [5.74, 6) is 1.02. The van der Waals surface area contributed by atoms with Crippen LogP contribution in [0.3, 0.4) is 0 Å². The number of rotatable bonds is 7. The molecule has 0 atom stereocenters. The minimum atomic E-state index is 0.761. The molecule has 0 aliphatic heterocycles. The molecule has 4 aromatic rings. The summed E-state index contributed by atoms with van der Waals surface area (Å²) in [6.07, 6.45) is 2.85. The van der Waals surface area contributed by atoms with Gasteiger partial charge in [-0.05, 0) is 37.1 Å². The third-order valence-electron chi connectivity index (χ3n) is 6.08. The van der Waals surface area contributed by atoms with Gasteiger partial charge in [0.15, 0.2) is 0 Å². The van der Waals surface area contributed by atoms with Gasteiger partial charge in [-0.15, -0.1) is 0 Å². The molecule has 5 nitrogen and oxygen atoms in total. The molecule has 0 saturated carbocycles. The van der Waals surface area contributed by atoms with Gasteiger partial charge in [0.25, 0.3) is 0 Å². The Hall–Kier alpha value is -3.60. The molecular weight excluding hydrogens is 382 g/mol. The smallest absolute Gasteiger partial charge is 0.128 e. The largest absolute Gasteiger partial charge is 0.380 e. The Morgan fingerprint density at radius 1 is 0.968 bits per heavy atom. The van der Waals surface area contributed by atoms with E-state index >= 15 is 0 Å². The number of aromatic nitrogens is 3. The Bertz CT molecular complexity index is 1170. The molecule has 2 heterocycles. The zero-order valence-corrected chi connectivity index (χ0v) is 18.0. The van der Waals surface area contributed by atoms with Crippen molar-refractivity contribution in [1.82, 2.24) is 15.2 Å². The standard InChI is InChI=1S/C26H27N5/c1-3-31(4-2)24-14-13-21(17-28-24)27-16-18-9-11-19(12-10-18)25-23-15-20-7-5-6-8-22(20)26(23)30-29-25/h5-14,17,27H,3-4,15-16H2,1-2H3,(H,29,30). The maximum atomic E-state index is 4.61. The Balaban J connectivity index is 1.26. The van der Waals surface area contributed by atoms with Crippen LogP contribution in [0.25, 0.3) is 22.5 Å². The predicted molar refractivity (Wildman–Crippen MR) is 127 cm³/mol. The van der Waals surface area contributed by atoms with Crippen LogP contribution in [0, 0.1) is 0 Å². The molecular formula is C26H27N5. The summed E-state index contributed by atoms with van der Waals surface area (Å²) in [5, 5.41) is 11.3. The predicted octanol–water partition coefficient (Wildman–Crippen LogP) is 5.50. The van der Waals surface area contributed by atoms with Gasteiger partial charge in [0, 0.05) is 42.7 Å². The van der Waals surface area contributed by atoms with E-state index in [0.29, 0.717) is 0 Å². The Kier molecular flexibility index (Phi) is 5.16. The topological polar surface area (TPSA) is 56.8 Å². The van der Waals surface area contributed by atoms with Crippen molar-refractivity contribution in [2.75, 3.05) is 23.3 Å². The second-order valence-corrected chi connectivity index (χ2v) is 7.89. The van der Waals surface area contributed by atoms with Crippen molar-refractivity contribution in [3.05, 3.63) is 83.6 Å². The van der Waals surface area contributed by atoms with Crippen molar-refractivity contribution in [3.63, 3.8) is 0 Å². The summed E-state index contributed by atoms with van der Waals surface area (Å²) in [6.45, 7) is 6.99. The van der Waals surface area contributed by atoms with Crippen molar-refractivity contribution < 1.29 is 0 Å². The molecule has 0 spiro atoms. The molecule has 2 aromatic heterocycles. The second kappa shape index (κ2) is 8.26. The van der Waals surface area contributed by atoms with Crippen LogP contribution in [0.15, 0.2) is 66.9 Å². The molecule has 1 aliphatic carbocycles. The molecule has 0 saturated heterocycles. The molecule has 156 valence electrons. The molecule has 0 bridgehead atoms. The average Bonchev–Trinajstić information content (AvgIpc) is 3.39. The summed E-state index contributed by atoms with van der Waals surface area (Å²) < 4.78 is 0. The zero-order chi connectivity index (χ0) is 21.2. The molecule has 5 rings (SSSR count). The van der Waals surface area contributed by atoms with Gasteiger partial charge in [0.1, 0.15) is 5.82 Å². The molecule has 31 heavy (non-hydrogen) atoms. The number of hydrogen-bond donors (Lipinski definition) is 2. The van der Waals surface area contributed by atoms with E-state index in [9.17, 15) is 0 Å². The number of pyridine rings is 1. The lowest BCUT2D eigenvalue weighted by Crippen LogP contribution is -2.22. The number of aromatic amines is 1. The Morgan fingerprint density at radius 3 is 2.52 bits per heavy atom. The fourth-order valence-electron chi connectivity index (χ4n) is 4.32. The van der Waals surface area contributed by atoms with Crippen LogP contribution in [0.1, 0.15) is 30.5 Å². The molecule has 5 heteroatoms. The van der Waals surface area contributed by atoms with Crippen LogP contribution in [0.2, 0.25) is 0 Å². The molecule has 0 unspecified atom stereocenters. The average molecular weight is 410 g/mol. The van der Waals surface area contributed by atoms with E-state index in [2.05, 4.69) is 99.9 Å². The monoisotopic (exact) mass is 409 g/mol. The lowest BCUT2D eigenvalue weighted by Gasteiger charge is -2.19. The van der Waals surface area contributed by atoms with Gasteiger partial charge in [0.2, 0.25) is 0 Å². The van der Waals surface area contributed by atoms with Crippen LogP contribution >= 0.6 is 0 Å². The van der Waals surface area contributed by atoms with E-state index in [0.717, 1.165) is 54.5 Å². The molecule has 1 aliphatic rings. The molecule has 0 amide bonds. The minimum absolute atomic E-state index is 0.761. The highest BCUT2D eigenvalue weighted by atomic mass is 15.2. The number of anilines is 2. The van der Waals surface area contributed by atoms with E-state index in [1.54, 1.807) is 0 Å². The number of H-pyrrole nitrogens is 1. The maximum Gasteiger partial charge on any atom is 0.128 e. The number of hydrogen-bond acceptors (Lipinski definition) is 4. The van der Waals surface area contributed by atoms with Crippen molar-refractivity contribution in [2.45, 2.75) is 26.8 Å².